The van der Waals surface area contributed by atoms with Crippen molar-refractivity contribution in [2.24, 2.45) is 16.7 Å². The van der Waals surface area contributed by atoms with Crippen molar-refractivity contribution >= 4 is 0 Å². The van der Waals surface area contributed by atoms with Crippen LogP contribution in [-0.2, 0) is 0 Å². The minimum absolute atomic E-state index is 0.0446. The maximum atomic E-state index is 12.3. The Morgan fingerprint density at radius 2 is 1.94 bits per heavy atom. The second-order valence-electron chi connectivity index (χ2n) is 6.63. The quantitative estimate of drug-likeness (QED) is 0.822. The van der Waals surface area contributed by atoms with Gasteiger partial charge in [0.2, 0.25) is 0 Å². The molecule has 0 aromatic rings. The van der Waals surface area contributed by atoms with Crippen LogP contribution in [0.25, 0.3) is 0 Å². The van der Waals surface area contributed by atoms with Gasteiger partial charge in [-0.2, -0.15) is 13.2 Å². The summed E-state index contributed by atoms with van der Waals surface area (Å²) in [6.07, 6.45) is -3.63. The van der Waals surface area contributed by atoms with Crippen molar-refractivity contribution in [3.8, 4) is 0 Å². The highest BCUT2D eigenvalue weighted by Crippen LogP contribution is 2.65. The van der Waals surface area contributed by atoms with Crippen LogP contribution in [0.4, 0.5) is 13.2 Å². The Morgan fingerprint density at radius 3 is 2.33 bits per heavy atom. The number of nitrogens with one attached hydrogen (secondary N) is 1. The van der Waals surface area contributed by atoms with Gasteiger partial charge in [-0.15, -0.1) is 0 Å². The molecule has 2 nitrogen and oxygen atoms in total. The summed E-state index contributed by atoms with van der Waals surface area (Å²) in [6.45, 7) is 6.20. The molecule has 2 saturated carbocycles. The summed E-state index contributed by atoms with van der Waals surface area (Å²) in [4.78, 5) is 0. The van der Waals surface area contributed by atoms with Crippen LogP contribution in [0.5, 0.6) is 0 Å². The first-order valence-corrected chi connectivity index (χ1v) is 6.57. The van der Waals surface area contributed by atoms with Crippen molar-refractivity contribution in [2.75, 3.05) is 6.54 Å². The molecular formula is C13H22F3NO. The topological polar surface area (TPSA) is 32.3 Å². The van der Waals surface area contributed by atoms with Crippen molar-refractivity contribution in [3.63, 3.8) is 0 Å². The molecule has 2 aliphatic rings. The van der Waals surface area contributed by atoms with Crippen molar-refractivity contribution in [2.45, 2.75) is 58.4 Å². The standard InChI is InChI=1S/C13H22F3NO/c1-11(2)8-4-5-12(11,3)9(6-8)17-7-10(18)13(14,15)16/h8-10,17-18H,4-7H2,1-3H3. The molecule has 5 heteroatoms. The highest BCUT2D eigenvalue weighted by atomic mass is 19.4. The molecule has 2 N–H and O–H groups in total. The number of halogens is 3. The largest absolute Gasteiger partial charge is 0.415 e. The van der Waals surface area contributed by atoms with Gasteiger partial charge in [0.25, 0.3) is 0 Å². The van der Waals surface area contributed by atoms with E-state index in [-0.39, 0.29) is 16.9 Å². The summed E-state index contributed by atoms with van der Waals surface area (Å²) >= 11 is 0. The highest BCUT2D eigenvalue weighted by Gasteiger charge is 2.61. The van der Waals surface area contributed by atoms with Gasteiger partial charge in [0.1, 0.15) is 0 Å². The van der Waals surface area contributed by atoms with Crippen LogP contribution in [0.1, 0.15) is 40.0 Å². The fourth-order valence-electron chi connectivity index (χ4n) is 3.88. The van der Waals surface area contributed by atoms with Crippen molar-refractivity contribution in [1.29, 1.82) is 0 Å². The average Bonchev–Trinajstić information content (AvgIpc) is 2.56. The van der Waals surface area contributed by atoms with Crippen LogP contribution in [0.3, 0.4) is 0 Å². The van der Waals surface area contributed by atoms with Crippen molar-refractivity contribution in [3.05, 3.63) is 0 Å². The van der Waals surface area contributed by atoms with Gasteiger partial charge >= 0.3 is 6.18 Å². The lowest BCUT2D eigenvalue weighted by Crippen LogP contribution is -2.49. The molecule has 106 valence electrons. The Bertz CT molecular complexity index is 329. The predicted molar refractivity (Wildman–Crippen MR) is 63.1 cm³/mol. The van der Waals surface area contributed by atoms with Crippen LogP contribution in [0, 0.1) is 16.7 Å². The molecule has 2 fully saturated rings. The minimum atomic E-state index is -4.53. The smallest absolute Gasteiger partial charge is 0.382 e. The van der Waals surface area contributed by atoms with E-state index in [0.29, 0.717) is 5.92 Å². The molecule has 4 atom stereocenters. The Balaban J connectivity index is 1.97. The third kappa shape index (κ3) is 1.95. The minimum Gasteiger partial charge on any atom is -0.382 e. The number of hydrogen-bond donors (Lipinski definition) is 2. The lowest BCUT2D eigenvalue weighted by molar-refractivity contribution is -0.202. The maximum Gasteiger partial charge on any atom is 0.415 e. The fourth-order valence-corrected chi connectivity index (χ4v) is 3.88. The number of hydrogen-bond acceptors (Lipinski definition) is 2. The molecule has 0 spiro atoms. The van der Waals surface area contributed by atoms with Gasteiger partial charge in [-0.1, -0.05) is 20.8 Å². The van der Waals surface area contributed by atoms with E-state index in [0.717, 1.165) is 12.8 Å². The lowest BCUT2D eigenvalue weighted by Gasteiger charge is -2.40. The predicted octanol–water partition coefficient (Wildman–Crippen LogP) is 2.71. The van der Waals surface area contributed by atoms with Crippen molar-refractivity contribution < 1.29 is 18.3 Å². The zero-order valence-electron chi connectivity index (χ0n) is 11.1. The lowest BCUT2D eigenvalue weighted by atomic mass is 9.69. The van der Waals surface area contributed by atoms with Gasteiger partial charge in [0.15, 0.2) is 6.10 Å². The Morgan fingerprint density at radius 1 is 1.33 bits per heavy atom. The first kappa shape index (κ1) is 14.1. The first-order chi connectivity index (χ1) is 8.09. The van der Waals surface area contributed by atoms with Gasteiger partial charge in [-0.05, 0) is 36.0 Å². The second kappa shape index (κ2) is 4.10. The summed E-state index contributed by atoms with van der Waals surface area (Å²) in [5, 5.41) is 12.0. The molecule has 0 aromatic carbocycles. The van der Waals surface area contributed by atoms with Crippen molar-refractivity contribution in [1.82, 2.24) is 5.32 Å². The van der Waals surface area contributed by atoms with Gasteiger partial charge in [-0.25, -0.2) is 0 Å². The second-order valence-corrected chi connectivity index (χ2v) is 6.63. The van der Waals surface area contributed by atoms with Gasteiger partial charge < -0.3 is 10.4 Å². The number of alkyl halides is 3. The molecule has 0 heterocycles. The van der Waals surface area contributed by atoms with E-state index in [1.165, 1.54) is 6.42 Å². The molecule has 0 aliphatic heterocycles. The molecular weight excluding hydrogens is 243 g/mol. The number of aliphatic hydroxyl groups excluding tert-OH is 1. The Labute approximate surface area is 106 Å². The highest BCUT2D eigenvalue weighted by molar-refractivity contribution is 5.13. The monoisotopic (exact) mass is 265 g/mol. The van der Waals surface area contributed by atoms with E-state index in [2.05, 4.69) is 26.1 Å². The van der Waals surface area contributed by atoms with Gasteiger partial charge in [-0.3, -0.25) is 0 Å². The summed E-state index contributed by atoms with van der Waals surface area (Å²) in [5.74, 6) is 0.586. The van der Waals surface area contributed by atoms with E-state index >= 15 is 0 Å². The molecule has 2 aliphatic carbocycles. The number of fused-ring (bicyclic) bond motifs is 2. The van der Waals surface area contributed by atoms with Crippen LogP contribution < -0.4 is 5.32 Å². The van der Waals surface area contributed by atoms with E-state index in [4.69, 9.17) is 5.11 Å². The zero-order chi connectivity index (χ0) is 13.8. The normalized spacial score (nSPS) is 40.2. The summed E-state index contributed by atoms with van der Waals surface area (Å²) < 4.78 is 36.8. The fraction of sp³-hybridized carbons (Fsp3) is 1.00. The Hall–Kier alpha value is -0.290. The van der Waals surface area contributed by atoms with E-state index in [1.54, 1.807) is 0 Å². The molecule has 0 aromatic heterocycles. The molecule has 0 radical (unpaired) electrons. The van der Waals surface area contributed by atoms with Gasteiger partial charge in [0.05, 0.1) is 0 Å². The summed E-state index contributed by atoms with van der Waals surface area (Å²) in [5.41, 5.74) is 0.219. The summed E-state index contributed by atoms with van der Waals surface area (Å²) in [7, 11) is 0. The SMILES string of the molecule is CC1(C)C2CCC1(C)C(NCC(O)C(F)(F)F)C2. The van der Waals surface area contributed by atoms with E-state index in [9.17, 15) is 13.2 Å². The van der Waals surface area contributed by atoms with Gasteiger partial charge in [0, 0.05) is 12.6 Å². The molecule has 0 amide bonds. The molecule has 18 heavy (non-hydrogen) atoms. The van der Waals surface area contributed by atoms with E-state index in [1.807, 2.05) is 0 Å². The molecule has 2 bridgehead atoms. The average molecular weight is 265 g/mol. The van der Waals surface area contributed by atoms with E-state index < -0.39 is 18.8 Å². The molecule has 2 rings (SSSR count). The molecule has 4 unspecified atom stereocenters. The Kier molecular flexibility index (Phi) is 3.22. The van der Waals surface area contributed by atoms with Crippen LogP contribution in [0.2, 0.25) is 0 Å². The van der Waals surface area contributed by atoms with Crippen LogP contribution >= 0.6 is 0 Å². The summed E-state index contributed by atoms with van der Waals surface area (Å²) in [6, 6.07) is 0.0863. The van der Waals surface area contributed by atoms with Crippen LogP contribution in [-0.4, -0.2) is 30.0 Å². The molecule has 0 saturated heterocycles. The maximum absolute atomic E-state index is 12.3. The van der Waals surface area contributed by atoms with Crippen LogP contribution in [0.15, 0.2) is 0 Å². The number of rotatable bonds is 3. The third-order valence-corrected chi connectivity index (χ3v) is 5.73. The first-order valence-electron chi connectivity index (χ1n) is 6.57. The zero-order valence-corrected chi connectivity index (χ0v) is 11.1. The third-order valence-electron chi connectivity index (χ3n) is 5.73. The number of aliphatic hydroxyl groups is 1.